The van der Waals surface area contributed by atoms with E-state index in [-0.39, 0.29) is 6.71 Å². The molecule has 12 aromatic rings. The summed E-state index contributed by atoms with van der Waals surface area (Å²) < 4.78 is 5.64. The molecule has 1 aliphatic carbocycles. The van der Waals surface area contributed by atoms with Crippen LogP contribution in [0.4, 0.5) is 0 Å². The van der Waals surface area contributed by atoms with Crippen LogP contribution in [0.15, 0.2) is 176 Å². The summed E-state index contributed by atoms with van der Waals surface area (Å²) >= 11 is 0. The number of benzene rings is 10. The van der Waals surface area contributed by atoms with Crippen LogP contribution in [-0.2, 0) is 5.41 Å². The van der Waals surface area contributed by atoms with Gasteiger partial charge in [0.25, 0.3) is 6.71 Å². The van der Waals surface area contributed by atoms with Crippen LogP contribution in [0.5, 0.6) is 0 Å². The molecule has 16 rings (SSSR count). The van der Waals surface area contributed by atoms with Crippen LogP contribution in [0.25, 0.3) is 99.1 Å². The standard InChI is InChI=1S/C79H73BN2/c1-42(2)46(9)51-30-32-72-61(34-51)62-36-55(48(11)44(5)6)39-70-75(62)81(72)77-65(58-26-20-23-53-33-52(29-31-57(53)58)50-21-14-13-15-22-50)41-69-78-73(77)80(70)71-40-56(49(12)45(7)8)37-64-63-35-54(47(10)43(3)4)38-68(74(63)82(78)76(64)71)79(69)66-27-18-16-24-59(66)60-25-17-19-28-67(60)79/h13-49H,1-12H3. The molecule has 0 bridgehead atoms. The number of fused-ring (bicyclic) bond motifs is 15. The normalized spacial score (nSPS) is 15.6. The van der Waals surface area contributed by atoms with E-state index in [9.17, 15) is 0 Å². The maximum Gasteiger partial charge on any atom is 0.252 e. The zero-order valence-electron chi connectivity index (χ0n) is 49.8. The maximum atomic E-state index is 2.85. The topological polar surface area (TPSA) is 9.86 Å². The average molecular weight is 1060 g/mol. The first-order valence-electron chi connectivity index (χ1n) is 31.0. The van der Waals surface area contributed by atoms with Crippen LogP contribution < -0.4 is 16.4 Å². The molecule has 4 atom stereocenters. The van der Waals surface area contributed by atoms with E-state index in [0.29, 0.717) is 47.3 Å². The lowest BCUT2D eigenvalue weighted by Crippen LogP contribution is -2.61. The Bertz CT molecular complexity index is 4680. The van der Waals surface area contributed by atoms with Crippen molar-refractivity contribution in [3.8, 4) is 44.8 Å². The summed E-state index contributed by atoms with van der Waals surface area (Å²) in [4.78, 5) is 0. The fourth-order valence-electron chi connectivity index (χ4n) is 16.1. The Morgan fingerprint density at radius 3 is 1.48 bits per heavy atom. The smallest absolute Gasteiger partial charge is 0.252 e. The molecular formula is C79H73BN2. The average Bonchev–Trinajstić information content (AvgIpc) is 1.46. The van der Waals surface area contributed by atoms with Gasteiger partial charge in [0.2, 0.25) is 0 Å². The first-order chi connectivity index (χ1) is 39.7. The van der Waals surface area contributed by atoms with Crippen LogP contribution in [-0.4, -0.2) is 15.8 Å². The monoisotopic (exact) mass is 1060 g/mol. The van der Waals surface area contributed by atoms with Crippen LogP contribution in [0.1, 0.15) is 151 Å². The highest BCUT2D eigenvalue weighted by Gasteiger charge is 2.55. The largest absolute Gasteiger partial charge is 0.310 e. The lowest BCUT2D eigenvalue weighted by atomic mass is 9.33. The minimum Gasteiger partial charge on any atom is -0.310 e. The highest BCUT2D eigenvalue weighted by Crippen LogP contribution is 2.63. The van der Waals surface area contributed by atoms with Gasteiger partial charge in [0, 0.05) is 43.8 Å². The van der Waals surface area contributed by atoms with Crippen LogP contribution in [0.3, 0.4) is 0 Å². The fourth-order valence-corrected chi connectivity index (χ4v) is 16.1. The van der Waals surface area contributed by atoms with Gasteiger partial charge in [0.05, 0.1) is 22.1 Å². The van der Waals surface area contributed by atoms with Gasteiger partial charge in [-0.1, -0.05) is 217 Å². The van der Waals surface area contributed by atoms with Gasteiger partial charge in [-0.3, -0.25) is 0 Å². The van der Waals surface area contributed by atoms with E-state index in [1.807, 2.05) is 0 Å². The number of hydrogen-bond acceptors (Lipinski definition) is 0. The molecule has 3 heteroatoms. The SMILES string of the molecule is CC(C)C(C)c1ccc2c(c1)c1cc(C(C)C(C)C)cc3c1n2-c1c(-c2cccc4cc(-c5ccccc5)ccc24)cc2c4c1B3c1cc(C(C)C(C)C)cc3c5cc(C(C)C(C)C)cc(c5n-4c13)C21c2ccccc2-c2ccccc21. The zero-order chi connectivity index (χ0) is 56.1. The molecule has 3 aliphatic heterocycles. The van der Waals surface area contributed by atoms with E-state index in [2.05, 4.69) is 268 Å². The van der Waals surface area contributed by atoms with Crippen molar-refractivity contribution in [1.82, 2.24) is 9.13 Å². The van der Waals surface area contributed by atoms with Crippen molar-refractivity contribution in [2.45, 2.75) is 112 Å². The van der Waals surface area contributed by atoms with Gasteiger partial charge in [-0.2, -0.15) is 0 Å². The summed E-state index contributed by atoms with van der Waals surface area (Å²) in [6.07, 6.45) is 0. The van der Waals surface area contributed by atoms with Crippen LogP contribution in [0.2, 0.25) is 0 Å². The summed E-state index contributed by atoms with van der Waals surface area (Å²) in [6, 6.07) is 70.6. The van der Waals surface area contributed by atoms with E-state index in [0.717, 1.165) is 0 Å². The molecule has 2 nitrogen and oxygen atoms in total. The molecule has 0 saturated carbocycles. The molecule has 4 unspecified atom stereocenters. The minimum absolute atomic E-state index is 0.0470. The molecule has 10 aromatic carbocycles. The highest BCUT2D eigenvalue weighted by atomic mass is 15.1. The van der Waals surface area contributed by atoms with E-state index in [1.54, 1.807) is 0 Å². The lowest BCUT2D eigenvalue weighted by Gasteiger charge is -2.45. The van der Waals surface area contributed by atoms with Gasteiger partial charge in [-0.25, -0.2) is 0 Å². The Morgan fingerprint density at radius 2 is 0.854 bits per heavy atom. The summed E-state index contributed by atoms with van der Waals surface area (Å²) in [5.41, 5.74) is 30.9. The van der Waals surface area contributed by atoms with Crippen molar-refractivity contribution in [2.75, 3.05) is 0 Å². The Morgan fingerprint density at radius 1 is 0.329 bits per heavy atom. The third-order valence-corrected chi connectivity index (χ3v) is 21.8. The first-order valence-corrected chi connectivity index (χ1v) is 31.0. The molecule has 0 radical (unpaired) electrons. The lowest BCUT2D eigenvalue weighted by molar-refractivity contribution is 0.534. The number of rotatable bonds is 10. The highest BCUT2D eigenvalue weighted by molar-refractivity contribution is 7.00. The predicted octanol–water partition coefficient (Wildman–Crippen LogP) is 19.2. The Balaban J connectivity index is 1.18. The van der Waals surface area contributed by atoms with Gasteiger partial charge in [-0.15, -0.1) is 0 Å². The van der Waals surface area contributed by atoms with Crippen molar-refractivity contribution < 1.29 is 0 Å². The molecule has 2 aromatic heterocycles. The van der Waals surface area contributed by atoms with Crippen molar-refractivity contribution in [1.29, 1.82) is 0 Å². The molecule has 0 fully saturated rings. The van der Waals surface area contributed by atoms with Gasteiger partial charge in [0.15, 0.2) is 0 Å². The van der Waals surface area contributed by atoms with Crippen molar-refractivity contribution in [3.05, 3.63) is 220 Å². The van der Waals surface area contributed by atoms with Crippen LogP contribution >= 0.6 is 0 Å². The molecule has 4 aliphatic rings. The molecule has 82 heavy (non-hydrogen) atoms. The van der Waals surface area contributed by atoms with Gasteiger partial charge in [0.1, 0.15) is 0 Å². The molecule has 402 valence electrons. The summed E-state index contributed by atoms with van der Waals surface area (Å²) in [5, 5.41) is 8.06. The Kier molecular flexibility index (Phi) is 10.7. The van der Waals surface area contributed by atoms with Crippen LogP contribution in [0, 0.1) is 23.7 Å². The quantitative estimate of drug-likeness (QED) is 0.121. The molecule has 0 amide bonds. The number of nitrogens with zero attached hydrogens (tertiary/aromatic N) is 2. The molecule has 0 N–H and O–H groups in total. The zero-order valence-corrected chi connectivity index (χ0v) is 49.8. The third kappa shape index (κ3) is 6.43. The second kappa shape index (κ2) is 17.6. The second-order valence-electron chi connectivity index (χ2n) is 27.0. The predicted molar refractivity (Wildman–Crippen MR) is 352 cm³/mol. The minimum atomic E-state index is -0.632. The number of aromatic nitrogens is 2. The van der Waals surface area contributed by atoms with E-state index in [4.69, 9.17) is 0 Å². The summed E-state index contributed by atoms with van der Waals surface area (Å²) in [6.45, 7) is 29.1. The van der Waals surface area contributed by atoms with E-state index < -0.39 is 5.41 Å². The summed E-state index contributed by atoms with van der Waals surface area (Å²) in [5.74, 6) is 3.37. The summed E-state index contributed by atoms with van der Waals surface area (Å²) in [7, 11) is 0. The maximum absolute atomic E-state index is 2.85. The van der Waals surface area contributed by atoms with E-state index in [1.165, 1.54) is 160 Å². The molecular weight excluding hydrogens is 988 g/mol. The van der Waals surface area contributed by atoms with E-state index >= 15 is 0 Å². The van der Waals surface area contributed by atoms with Gasteiger partial charge >= 0.3 is 0 Å². The molecule has 0 saturated heterocycles. The Hall–Kier alpha value is -7.88. The first kappa shape index (κ1) is 49.9. The van der Waals surface area contributed by atoms with Crippen molar-refractivity contribution in [2.24, 2.45) is 23.7 Å². The second-order valence-corrected chi connectivity index (χ2v) is 27.0. The molecule has 1 spiro atoms. The van der Waals surface area contributed by atoms with Crippen molar-refractivity contribution in [3.63, 3.8) is 0 Å². The number of hydrogen-bond donors (Lipinski definition) is 0. The molecule has 5 heterocycles. The Labute approximate surface area is 484 Å². The van der Waals surface area contributed by atoms with Gasteiger partial charge in [-0.05, 0) is 189 Å². The van der Waals surface area contributed by atoms with Gasteiger partial charge < -0.3 is 9.13 Å². The fraction of sp³-hybridized carbons (Fsp3) is 0.266. The van der Waals surface area contributed by atoms with Crippen molar-refractivity contribution >= 4 is 77.5 Å². The third-order valence-electron chi connectivity index (χ3n) is 21.8.